The maximum Gasteiger partial charge on any atom is 0.216 e. The molecule has 2 aromatic carbocycles. The van der Waals surface area contributed by atoms with Gasteiger partial charge in [0.1, 0.15) is 11.5 Å². The maximum absolute atomic E-state index is 6.06. The summed E-state index contributed by atoms with van der Waals surface area (Å²) in [6.45, 7) is 15.4. The summed E-state index contributed by atoms with van der Waals surface area (Å²) in [6.07, 6.45) is 4.92. The first-order valence-electron chi connectivity index (χ1n) is 15.8. The normalized spacial score (nSPS) is 11.4. The maximum atomic E-state index is 6.06. The Labute approximate surface area is 291 Å². The zero-order valence-corrected chi connectivity index (χ0v) is 31.3. The average Bonchev–Trinajstić information content (AvgIpc) is 3.63. The van der Waals surface area contributed by atoms with Crippen LogP contribution in [0.1, 0.15) is 30.9 Å². The Balaban J connectivity index is 0.000000181. The van der Waals surface area contributed by atoms with Crippen LogP contribution in [-0.4, -0.2) is 23.0 Å². The molecule has 1 radical (unpaired) electrons. The monoisotopic (exact) mass is 814 g/mol. The van der Waals surface area contributed by atoms with Gasteiger partial charge in [0.15, 0.2) is 0 Å². The Hall–Kier alpha value is -4.16. The summed E-state index contributed by atoms with van der Waals surface area (Å²) >= 11 is 0. The van der Waals surface area contributed by atoms with Crippen molar-refractivity contribution in [1.82, 2.24) is 15.0 Å². The van der Waals surface area contributed by atoms with Crippen molar-refractivity contribution in [2.24, 2.45) is 5.92 Å². The molecule has 7 aromatic rings. The topological polar surface area (TPSA) is 65.0 Å². The van der Waals surface area contributed by atoms with Crippen LogP contribution in [0, 0.1) is 31.9 Å². The van der Waals surface area contributed by atoms with Crippen LogP contribution >= 0.6 is 0 Å². The summed E-state index contributed by atoms with van der Waals surface area (Å²) in [5.74, 6) is 2.47. The number of hydrogen-bond donors (Lipinski definition) is 0. The van der Waals surface area contributed by atoms with Crippen molar-refractivity contribution in [3.63, 3.8) is 0 Å². The summed E-state index contributed by atoms with van der Waals surface area (Å²) < 4.78 is 11.9. The zero-order valence-electron chi connectivity index (χ0n) is 27.9. The van der Waals surface area contributed by atoms with E-state index in [2.05, 4.69) is 84.8 Å². The molecule has 0 N–H and O–H groups in total. The minimum atomic E-state index is -1.51. The first kappa shape index (κ1) is 34.2. The quantitative estimate of drug-likeness (QED) is 0.124. The van der Waals surface area contributed by atoms with Crippen molar-refractivity contribution in [1.29, 1.82) is 0 Å². The Morgan fingerprint density at radius 1 is 0.809 bits per heavy atom. The third-order valence-electron chi connectivity index (χ3n) is 7.87. The Kier molecular flexibility index (Phi) is 10.4. The van der Waals surface area contributed by atoms with Gasteiger partial charge in [0, 0.05) is 49.1 Å². The van der Waals surface area contributed by atoms with Gasteiger partial charge in [-0.3, -0.25) is 0 Å². The van der Waals surface area contributed by atoms with Crippen molar-refractivity contribution >= 4 is 35.3 Å². The van der Waals surface area contributed by atoms with E-state index in [1.807, 2.05) is 80.8 Å². The Morgan fingerprint density at radius 3 is 2.34 bits per heavy atom. The molecule has 0 aliphatic rings. The van der Waals surface area contributed by atoms with Crippen LogP contribution < -0.4 is 5.19 Å². The number of hydrogen-bond acceptors (Lipinski definition) is 5. The van der Waals surface area contributed by atoms with Crippen molar-refractivity contribution < 1.29 is 28.9 Å². The molecule has 5 heterocycles. The summed E-state index contributed by atoms with van der Waals surface area (Å²) in [5.41, 5.74) is 8.61. The fourth-order valence-electron chi connectivity index (χ4n) is 5.65. The SMILES string of the molecule is Cc1ccc(-c2cc(-c3[c-]cccc3)ncc2[Si](C)(C)C)o1.Cc1ccc2c(n1)oc1c(-c3cc(CC(C)C)ccn3)[c-]ccc12.[Ir]. The molecular weight excluding hydrogens is 775 g/mol. The molecule has 7 heteroatoms. The van der Waals surface area contributed by atoms with E-state index in [0.717, 1.165) is 68.1 Å². The van der Waals surface area contributed by atoms with E-state index in [1.165, 1.54) is 10.8 Å². The van der Waals surface area contributed by atoms with E-state index < -0.39 is 8.07 Å². The van der Waals surface area contributed by atoms with Gasteiger partial charge in [-0.2, -0.15) is 0 Å². The first-order valence-corrected chi connectivity index (χ1v) is 19.3. The number of pyridine rings is 3. The van der Waals surface area contributed by atoms with Gasteiger partial charge in [-0.1, -0.05) is 62.1 Å². The minimum Gasteiger partial charge on any atom is -0.486 e. The van der Waals surface area contributed by atoms with Gasteiger partial charge in [0.2, 0.25) is 5.71 Å². The molecule has 7 rings (SSSR count). The number of benzene rings is 2. The van der Waals surface area contributed by atoms with Crippen LogP contribution in [0.4, 0.5) is 0 Å². The van der Waals surface area contributed by atoms with Crippen molar-refractivity contribution in [2.45, 2.75) is 53.8 Å². The molecule has 0 fully saturated rings. The molecule has 0 spiro atoms. The minimum absolute atomic E-state index is 0. The van der Waals surface area contributed by atoms with Gasteiger partial charge in [-0.05, 0) is 73.1 Å². The molecular formula is C40H39IrN3O2Si-2. The number of aromatic nitrogens is 3. The van der Waals surface area contributed by atoms with E-state index in [9.17, 15) is 0 Å². The van der Waals surface area contributed by atoms with Crippen LogP contribution in [0.25, 0.3) is 55.9 Å². The van der Waals surface area contributed by atoms with Crippen LogP contribution in [0.2, 0.25) is 19.6 Å². The molecule has 241 valence electrons. The van der Waals surface area contributed by atoms with Crippen LogP contribution in [-0.2, 0) is 26.5 Å². The molecule has 0 unspecified atom stereocenters. The van der Waals surface area contributed by atoms with Gasteiger partial charge >= 0.3 is 0 Å². The van der Waals surface area contributed by atoms with E-state index in [-0.39, 0.29) is 20.1 Å². The molecule has 5 aromatic heterocycles. The molecule has 0 aliphatic heterocycles. The number of rotatable bonds is 6. The fraction of sp³-hybridized carbons (Fsp3) is 0.225. The number of nitrogens with zero attached hydrogens (tertiary/aromatic N) is 3. The molecule has 0 bridgehead atoms. The summed E-state index contributed by atoms with van der Waals surface area (Å²) in [7, 11) is -1.51. The van der Waals surface area contributed by atoms with Gasteiger partial charge in [-0.25, -0.2) is 4.98 Å². The predicted molar refractivity (Wildman–Crippen MR) is 191 cm³/mol. The van der Waals surface area contributed by atoms with Crippen LogP contribution in [0.5, 0.6) is 0 Å². The number of aryl methyl sites for hydroxylation is 2. The van der Waals surface area contributed by atoms with Crippen molar-refractivity contribution in [2.75, 3.05) is 0 Å². The van der Waals surface area contributed by atoms with Crippen molar-refractivity contribution in [3.05, 3.63) is 120 Å². The largest absolute Gasteiger partial charge is 0.486 e. The molecule has 5 nitrogen and oxygen atoms in total. The molecule has 0 amide bonds. The van der Waals surface area contributed by atoms with Crippen LogP contribution in [0.3, 0.4) is 0 Å². The molecule has 0 saturated carbocycles. The summed E-state index contributed by atoms with van der Waals surface area (Å²) in [4.78, 5) is 13.7. The molecule has 47 heavy (non-hydrogen) atoms. The van der Waals surface area contributed by atoms with Gasteiger partial charge in [-0.15, -0.1) is 54.1 Å². The average molecular weight is 814 g/mol. The van der Waals surface area contributed by atoms with E-state index in [4.69, 9.17) is 8.83 Å². The van der Waals surface area contributed by atoms with E-state index in [0.29, 0.717) is 11.6 Å². The zero-order chi connectivity index (χ0) is 32.4. The summed E-state index contributed by atoms with van der Waals surface area (Å²) in [6, 6.07) is 32.9. The van der Waals surface area contributed by atoms with Gasteiger partial charge < -0.3 is 18.8 Å². The standard InChI is InChI=1S/C21H19N2O.C19H20NOSi.Ir/c1-13(2)11-15-9-10-22-19(12-15)18-6-4-5-16-17-8-7-14(3)23-21(17)24-20(16)18;1-14-10-11-18(21-14)16-12-17(15-8-6-5-7-9-15)20-13-19(16)22(2,3)4;/h4-5,7-10,12-13H,11H2,1-3H3;5-8,10-13H,1-4H3;/q2*-1;. The third kappa shape index (κ3) is 7.70. The smallest absolute Gasteiger partial charge is 0.216 e. The Morgan fingerprint density at radius 2 is 1.64 bits per heavy atom. The molecule has 0 aliphatic carbocycles. The summed E-state index contributed by atoms with van der Waals surface area (Å²) in [5, 5.41) is 3.41. The van der Waals surface area contributed by atoms with Gasteiger partial charge in [0.05, 0.1) is 13.7 Å². The number of furan rings is 2. The predicted octanol–water partition coefficient (Wildman–Crippen LogP) is 10.0. The second-order valence-corrected chi connectivity index (χ2v) is 18.2. The van der Waals surface area contributed by atoms with Crippen molar-refractivity contribution in [3.8, 4) is 33.8 Å². The number of fused-ring (bicyclic) bond motifs is 3. The Bertz CT molecular complexity index is 2130. The third-order valence-corrected chi connectivity index (χ3v) is 9.88. The van der Waals surface area contributed by atoms with Crippen LogP contribution in [0.15, 0.2) is 100 Å². The van der Waals surface area contributed by atoms with Gasteiger partial charge in [0.25, 0.3) is 0 Å². The second-order valence-electron chi connectivity index (χ2n) is 13.2. The van der Waals surface area contributed by atoms with E-state index >= 15 is 0 Å². The molecule has 0 saturated heterocycles. The second kappa shape index (κ2) is 14.3. The first-order chi connectivity index (χ1) is 22.1. The fourth-order valence-corrected chi connectivity index (χ4v) is 7.11. The molecule has 0 atom stereocenters. The van der Waals surface area contributed by atoms with E-state index in [1.54, 1.807) is 0 Å².